The highest BCUT2D eigenvalue weighted by atomic mass is 19.1. The Morgan fingerprint density at radius 1 is 1.33 bits per heavy atom. The van der Waals surface area contributed by atoms with Gasteiger partial charge in [0.1, 0.15) is 5.82 Å². The van der Waals surface area contributed by atoms with Crippen LogP contribution < -0.4 is 4.90 Å². The number of likely N-dealkylation sites (tertiary alicyclic amines) is 1. The number of aliphatic hydroxyl groups is 1. The molecule has 1 N–H and O–H groups in total. The molecule has 2 heterocycles. The second-order valence-electron chi connectivity index (χ2n) is 6.70. The Morgan fingerprint density at radius 2 is 2.08 bits per heavy atom. The van der Waals surface area contributed by atoms with E-state index in [0.29, 0.717) is 44.1 Å². The van der Waals surface area contributed by atoms with Crippen LogP contribution in [0.1, 0.15) is 30.1 Å². The zero-order chi connectivity index (χ0) is 17.1. The van der Waals surface area contributed by atoms with Crippen LogP contribution in [0, 0.1) is 11.7 Å². The van der Waals surface area contributed by atoms with Crippen LogP contribution in [0.15, 0.2) is 18.2 Å². The maximum atomic E-state index is 14.5. The number of rotatable bonds is 3. The molecule has 2 saturated heterocycles. The lowest BCUT2D eigenvalue weighted by atomic mass is 9.93. The number of hydrogen-bond acceptors (Lipinski definition) is 4. The molecule has 5 nitrogen and oxygen atoms in total. The van der Waals surface area contributed by atoms with Gasteiger partial charge in [-0.15, -0.1) is 0 Å². The van der Waals surface area contributed by atoms with Crippen LogP contribution in [-0.4, -0.2) is 61.4 Å². The van der Waals surface area contributed by atoms with Crippen molar-refractivity contribution in [2.75, 3.05) is 44.4 Å². The van der Waals surface area contributed by atoms with Gasteiger partial charge in [0.15, 0.2) is 0 Å². The summed E-state index contributed by atoms with van der Waals surface area (Å²) in [5.74, 6) is -0.415. The molecule has 1 aromatic carbocycles. The molecule has 0 saturated carbocycles. The molecule has 2 aliphatic rings. The van der Waals surface area contributed by atoms with E-state index in [0.717, 1.165) is 12.8 Å². The van der Waals surface area contributed by atoms with E-state index < -0.39 is 0 Å². The average molecular weight is 336 g/mol. The molecule has 132 valence electrons. The Kier molecular flexibility index (Phi) is 5.36. The van der Waals surface area contributed by atoms with Crippen molar-refractivity contribution in [3.8, 4) is 0 Å². The first kappa shape index (κ1) is 17.2. The van der Waals surface area contributed by atoms with E-state index >= 15 is 0 Å². The van der Waals surface area contributed by atoms with Crippen LogP contribution in [0.4, 0.5) is 10.1 Å². The minimum Gasteiger partial charge on any atom is -0.396 e. The highest BCUT2D eigenvalue weighted by Crippen LogP contribution is 2.26. The predicted octanol–water partition coefficient (Wildman–Crippen LogP) is 1.90. The Bertz CT molecular complexity index is 590. The Morgan fingerprint density at radius 3 is 2.75 bits per heavy atom. The first-order chi connectivity index (χ1) is 11.6. The highest BCUT2D eigenvalue weighted by Gasteiger charge is 2.29. The molecular formula is C18H25FN2O3. The number of halogens is 1. The first-order valence-electron chi connectivity index (χ1n) is 8.64. The van der Waals surface area contributed by atoms with E-state index in [-0.39, 0.29) is 30.3 Å². The standard InChI is InChI=1S/C18H25FN2O3/c1-13-2-3-14(12-22)11-21(13)18(23)15-4-5-17(16(19)10-15)20-6-8-24-9-7-20/h4-5,10,13-14,22H,2-3,6-9,11-12H2,1H3. The fourth-order valence-electron chi connectivity index (χ4n) is 3.48. The van der Waals surface area contributed by atoms with Gasteiger partial charge in [-0.3, -0.25) is 4.79 Å². The summed E-state index contributed by atoms with van der Waals surface area (Å²) in [5, 5.41) is 9.36. The third-order valence-corrected chi connectivity index (χ3v) is 5.05. The lowest BCUT2D eigenvalue weighted by Gasteiger charge is -2.37. The summed E-state index contributed by atoms with van der Waals surface area (Å²) < 4.78 is 19.8. The molecule has 6 heteroatoms. The molecule has 1 aromatic rings. The van der Waals surface area contributed by atoms with Gasteiger partial charge in [0.25, 0.3) is 5.91 Å². The van der Waals surface area contributed by atoms with Crippen molar-refractivity contribution in [2.24, 2.45) is 5.92 Å². The van der Waals surface area contributed by atoms with Crippen LogP contribution in [0.3, 0.4) is 0 Å². The lowest BCUT2D eigenvalue weighted by Crippen LogP contribution is -2.46. The van der Waals surface area contributed by atoms with Gasteiger partial charge in [-0.05, 0) is 43.9 Å². The third-order valence-electron chi connectivity index (χ3n) is 5.05. The predicted molar refractivity (Wildman–Crippen MR) is 89.7 cm³/mol. The number of anilines is 1. The summed E-state index contributed by atoms with van der Waals surface area (Å²) in [4.78, 5) is 16.5. The van der Waals surface area contributed by atoms with Crippen LogP contribution in [0.5, 0.6) is 0 Å². The SMILES string of the molecule is CC1CCC(CO)CN1C(=O)c1ccc(N2CCOCC2)c(F)c1. The second kappa shape index (κ2) is 7.49. The quantitative estimate of drug-likeness (QED) is 0.916. The number of carbonyl (C=O) groups excluding carboxylic acids is 1. The van der Waals surface area contributed by atoms with Gasteiger partial charge in [-0.1, -0.05) is 0 Å². The number of nitrogens with zero attached hydrogens (tertiary/aromatic N) is 2. The van der Waals surface area contributed by atoms with Gasteiger partial charge < -0.3 is 19.6 Å². The fourth-order valence-corrected chi connectivity index (χ4v) is 3.48. The summed E-state index contributed by atoms with van der Waals surface area (Å²) >= 11 is 0. The summed E-state index contributed by atoms with van der Waals surface area (Å²) in [6.07, 6.45) is 1.79. The number of piperidine rings is 1. The molecule has 0 spiro atoms. The minimum absolute atomic E-state index is 0.0842. The van der Waals surface area contributed by atoms with Crippen molar-refractivity contribution in [1.82, 2.24) is 4.90 Å². The van der Waals surface area contributed by atoms with Crippen LogP contribution in [0.2, 0.25) is 0 Å². The van der Waals surface area contributed by atoms with Crippen molar-refractivity contribution in [2.45, 2.75) is 25.8 Å². The van der Waals surface area contributed by atoms with Gasteiger partial charge in [0.05, 0.1) is 18.9 Å². The number of hydrogen-bond donors (Lipinski definition) is 1. The normalized spacial score (nSPS) is 25.0. The van der Waals surface area contributed by atoms with Gasteiger partial charge in [0.2, 0.25) is 0 Å². The van der Waals surface area contributed by atoms with Crippen LogP contribution in [0.25, 0.3) is 0 Å². The molecule has 24 heavy (non-hydrogen) atoms. The van der Waals surface area contributed by atoms with E-state index in [4.69, 9.17) is 4.74 Å². The van der Waals surface area contributed by atoms with Crippen molar-refractivity contribution >= 4 is 11.6 Å². The highest BCUT2D eigenvalue weighted by molar-refractivity contribution is 5.95. The van der Waals surface area contributed by atoms with E-state index in [1.807, 2.05) is 11.8 Å². The molecule has 3 rings (SSSR count). The maximum Gasteiger partial charge on any atom is 0.254 e. The van der Waals surface area contributed by atoms with Crippen molar-refractivity contribution in [3.63, 3.8) is 0 Å². The molecule has 2 unspecified atom stereocenters. The summed E-state index contributed by atoms with van der Waals surface area (Å²) in [7, 11) is 0. The zero-order valence-electron chi connectivity index (χ0n) is 14.1. The lowest BCUT2D eigenvalue weighted by molar-refractivity contribution is 0.0488. The van der Waals surface area contributed by atoms with E-state index in [1.54, 1.807) is 17.0 Å². The summed E-state index contributed by atoms with van der Waals surface area (Å²) in [6, 6.07) is 4.84. The molecule has 2 fully saturated rings. The summed E-state index contributed by atoms with van der Waals surface area (Å²) in [5.41, 5.74) is 0.893. The van der Waals surface area contributed by atoms with E-state index in [2.05, 4.69) is 0 Å². The molecule has 0 bridgehead atoms. The molecule has 2 aliphatic heterocycles. The topological polar surface area (TPSA) is 53.0 Å². The zero-order valence-corrected chi connectivity index (χ0v) is 14.1. The number of amides is 1. The van der Waals surface area contributed by atoms with E-state index in [1.165, 1.54) is 6.07 Å². The van der Waals surface area contributed by atoms with Crippen LogP contribution >= 0.6 is 0 Å². The minimum atomic E-state index is -0.369. The monoisotopic (exact) mass is 336 g/mol. The number of carbonyl (C=O) groups is 1. The fraction of sp³-hybridized carbons (Fsp3) is 0.611. The Labute approximate surface area is 142 Å². The Hall–Kier alpha value is -1.66. The number of morpholine rings is 1. The Balaban J connectivity index is 1.76. The van der Waals surface area contributed by atoms with E-state index in [9.17, 15) is 14.3 Å². The van der Waals surface area contributed by atoms with Gasteiger partial charge in [-0.25, -0.2) is 4.39 Å². The molecule has 0 radical (unpaired) electrons. The summed E-state index contributed by atoms with van der Waals surface area (Å²) in [6.45, 7) is 5.12. The maximum absolute atomic E-state index is 14.5. The number of aliphatic hydroxyl groups excluding tert-OH is 1. The largest absolute Gasteiger partial charge is 0.396 e. The van der Waals surface area contributed by atoms with Crippen molar-refractivity contribution < 1.29 is 19.0 Å². The smallest absolute Gasteiger partial charge is 0.254 e. The second-order valence-corrected chi connectivity index (χ2v) is 6.70. The van der Waals surface area contributed by atoms with Crippen molar-refractivity contribution in [1.29, 1.82) is 0 Å². The van der Waals surface area contributed by atoms with Crippen LogP contribution in [-0.2, 0) is 4.74 Å². The van der Waals surface area contributed by atoms with Gasteiger partial charge in [-0.2, -0.15) is 0 Å². The molecular weight excluding hydrogens is 311 g/mol. The van der Waals surface area contributed by atoms with Gasteiger partial charge in [0, 0.05) is 37.8 Å². The molecule has 0 aliphatic carbocycles. The molecule has 0 aromatic heterocycles. The van der Waals surface area contributed by atoms with Gasteiger partial charge >= 0.3 is 0 Å². The third kappa shape index (κ3) is 3.54. The number of benzene rings is 1. The first-order valence-corrected chi connectivity index (χ1v) is 8.64. The average Bonchev–Trinajstić information content (AvgIpc) is 2.62. The molecule has 1 amide bonds. The van der Waals surface area contributed by atoms with Crippen molar-refractivity contribution in [3.05, 3.63) is 29.6 Å². The molecule has 2 atom stereocenters. The number of ether oxygens (including phenoxy) is 1.